The van der Waals surface area contributed by atoms with Crippen molar-refractivity contribution in [3.05, 3.63) is 42.1 Å². The molecule has 3 rings (SSSR count). The van der Waals surface area contributed by atoms with Crippen molar-refractivity contribution in [3.63, 3.8) is 0 Å². The smallest absolute Gasteiger partial charge is 0.282 e. The van der Waals surface area contributed by atoms with Gasteiger partial charge in [-0.05, 0) is 25.0 Å². The summed E-state index contributed by atoms with van der Waals surface area (Å²) in [7, 11) is -1.72. The third kappa shape index (κ3) is 3.19. The molecule has 2 aromatic heterocycles. The van der Waals surface area contributed by atoms with Crippen molar-refractivity contribution in [2.24, 2.45) is 7.05 Å². The number of nitrogens with zero attached hydrogens (tertiary/aromatic N) is 4. The van der Waals surface area contributed by atoms with Crippen LogP contribution in [0, 0.1) is 0 Å². The average Bonchev–Trinajstić information content (AvgIpc) is 3.25. The van der Waals surface area contributed by atoms with Gasteiger partial charge in [0.15, 0.2) is 0 Å². The van der Waals surface area contributed by atoms with Gasteiger partial charge in [-0.3, -0.25) is 4.68 Å². The van der Waals surface area contributed by atoms with E-state index in [2.05, 4.69) is 5.10 Å². The molecule has 23 heavy (non-hydrogen) atoms. The molecule has 0 radical (unpaired) electrons. The molecule has 0 N–H and O–H groups in total. The molecular formula is C15H22N4O3S. The van der Waals surface area contributed by atoms with Crippen molar-refractivity contribution < 1.29 is 12.8 Å². The van der Waals surface area contributed by atoms with E-state index < -0.39 is 10.2 Å². The molecule has 1 atom stereocenters. The van der Waals surface area contributed by atoms with Crippen LogP contribution in [-0.4, -0.2) is 39.9 Å². The van der Waals surface area contributed by atoms with Gasteiger partial charge in [-0.15, -0.1) is 0 Å². The minimum atomic E-state index is -3.55. The Labute approximate surface area is 136 Å². The molecule has 3 heterocycles. The zero-order valence-corrected chi connectivity index (χ0v) is 14.2. The third-order valence-electron chi connectivity index (χ3n) is 4.17. The lowest BCUT2D eigenvalue weighted by molar-refractivity contribution is 0.302. The first-order valence-corrected chi connectivity index (χ1v) is 9.20. The van der Waals surface area contributed by atoms with Gasteiger partial charge in [0.2, 0.25) is 0 Å². The predicted molar refractivity (Wildman–Crippen MR) is 85.6 cm³/mol. The number of hydrogen-bond acceptors (Lipinski definition) is 4. The van der Waals surface area contributed by atoms with Crippen molar-refractivity contribution in [1.29, 1.82) is 0 Å². The van der Waals surface area contributed by atoms with E-state index in [9.17, 15) is 8.42 Å². The molecule has 1 aliphatic heterocycles. The average molecular weight is 338 g/mol. The monoisotopic (exact) mass is 338 g/mol. The highest BCUT2D eigenvalue weighted by atomic mass is 32.2. The summed E-state index contributed by atoms with van der Waals surface area (Å²) in [5.41, 5.74) is 0.881. The lowest BCUT2D eigenvalue weighted by Gasteiger charge is -2.29. The second-order valence-electron chi connectivity index (χ2n) is 5.74. The molecule has 0 amide bonds. The molecule has 0 aromatic carbocycles. The van der Waals surface area contributed by atoms with Gasteiger partial charge in [0.25, 0.3) is 10.2 Å². The van der Waals surface area contributed by atoms with Crippen LogP contribution >= 0.6 is 0 Å². The fourth-order valence-corrected chi connectivity index (χ4v) is 4.87. The van der Waals surface area contributed by atoms with Crippen LogP contribution in [0.3, 0.4) is 0 Å². The standard InChI is InChI=1S/C15H22N4O3S/c1-3-18(12-13-10-16-17(2)11-13)23(20,21)19-8-4-6-14(19)15-7-5-9-22-15/h5,7,9-11,14H,3-4,6,8,12H2,1-2H3/t14-/m1/s1. The maximum Gasteiger partial charge on any atom is 0.282 e. The van der Waals surface area contributed by atoms with Crippen molar-refractivity contribution in [3.8, 4) is 0 Å². The van der Waals surface area contributed by atoms with Crippen LogP contribution in [0.1, 0.15) is 37.1 Å². The van der Waals surface area contributed by atoms with Gasteiger partial charge in [0, 0.05) is 38.4 Å². The number of aromatic nitrogens is 2. The molecule has 2 aromatic rings. The highest BCUT2D eigenvalue weighted by Crippen LogP contribution is 2.35. The van der Waals surface area contributed by atoms with Gasteiger partial charge in [0.1, 0.15) is 5.76 Å². The van der Waals surface area contributed by atoms with Gasteiger partial charge < -0.3 is 4.42 Å². The summed E-state index contributed by atoms with van der Waals surface area (Å²) < 4.78 is 36.3. The fourth-order valence-electron chi connectivity index (χ4n) is 3.04. The first-order valence-electron chi connectivity index (χ1n) is 7.80. The summed E-state index contributed by atoms with van der Waals surface area (Å²) in [4.78, 5) is 0. The van der Waals surface area contributed by atoms with E-state index in [1.165, 1.54) is 4.31 Å². The van der Waals surface area contributed by atoms with E-state index in [-0.39, 0.29) is 6.04 Å². The Morgan fingerprint density at radius 3 is 2.91 bits per heavy atom. The topological polar surface area (TPSA) is 71.6 Å². The Morgan fingerprint density at radius 1 is 1.48 bits per heavy atom. The zero-order chi connectivity index (χ0) is 16.4. The second kappa shape index (κ2) is 6.46. The van der Waals surface area contributed by atoms with Crippen LogP contribution in [0.4, 0.5) is 0 Å². The summed E-state index contributed by atoms with van der Waals surface area (Å²) in [5.74, 6) is 0.712. The highest BCUT2D eigenvalue weighted by molar-refractivity contribution is 7.86. The van der Waals surface area contributed by atoms with Crippen LogP contribution < -0.4 is 0 Å². The quantitative estimate of drug-likeness (QED) is 0.807. The van der Waals surface area contributed by atoms with Crippen molar-refractivity contribution in [2.45, 2.75) is 32.4 Å². The minimum absolute atomic E-state index is 0.210. The Morgan fingerprint density at radius 2 is 2.30 bits per heavy atom. The molecule has 0 aliphatic carbocycles. The Kier molecular flexibility index (Phi) is 4.56. The van der Waals surface area contributed by atoms with E-state index >= 15 is 0 Å². The first kappa shape index (κ1) is 16.2. The molecule has 0 spiro atoms. The van der Waals surface area contributed by atoms with Crippen molar-refractivity contribution in [1.82, 2.24) is 18.4 Å². The SMILES string of the molecule is CCN(Cc1cnn(C)c1)S(=O)(=O)N1CCC[C@@H]1c1ccco1. The van der Waals surface area contributed by atoms with Gasteiger partial charge in [-0.25, -0.2) is 0 Å². The van der Waals surface area contributed by atoms with E-state index in [0.717, 1.165) is 18.4 Å². The predicted octanol–water partition coefficient (Wildman–Crippen LogP) is 1.92. The number of rotatable bonds is 6. The van der Waals surface area contributed by atoms with Crippen LogP contribution in [-0.2, 0) is 23.8 Å². The normalized spacial score (nSPS) is 19.7. The van der Waals surface area contributed by atoms with Gasteiger partial charge in [0.05, 0.1) is 18.5 Å². The molecule has 0 saturated carbocycles. The Balaban J connectivity index is 1.83. The summed E-state index contributed by atoms with van der Waals surface area (Å²) >= 11 is 0. The summed E-state index contributed by atoms with van der Waals surface area (Å²) in [5, 5.41) is 4.11. The molecule has 8 heteroatoms. The largest absolute Gasteiger partial charge is 0.468 e. The maximum atomic E-state index is 13.1. The van der Waals surface area contributed by atoms with E-state index in [4.69, 9.17) is 4.42 Å². The van der Waals surface area contributed by atoms with Gasteiger partial charge >= 0.3 is 0 Å². The summed E-state index contributed by atoms with van der Waals surface area (Å²) in [6, 6.07) is 3.43. The first-order chi connectivity index (χ1) is 11.0. The highest BCUT2D eigenvalue weighted by Gasteiger charge is 2.39. The van der Waals surface area contributed by atoms with E-state index in [1.807, 2.05) is 26.2 Å². The van der Waals surface area contributed by atoms with Gasteiger partial charge in [-0.2, -0.15) is 22.1 Å². The van der Waals surface area contributed by atoms with Crippen LogP contribution in [0.5, 0.6) is 0 Å². The molecule has 1 fully saturated rings. The minimum Gasteiger partial charge on any atom is -0.468 e. The van der Waals surface area contributed by atoms with Crippen molar-refractivity contribution in [2.75, 3.05) is 13.1 Å². The lowest BCUT2D eigenvalue weighted by Crippen LogP contribution is -2.43. The molecule has 1 saturated heterocycles. The molecular weight excluding hydrogens is 316 g/mol. The van der Waals surface area contributed by atoms with Crippen LogP contribution in [0.25, 0.3) is 0 Å². The van der Waals surface area contributed by atoms with E-state index in [0.29, 0.717) is 25.4 Å². The Bertz CT molecular complexity index is 739. The number of furan rings is 1. The van der Waals surface area contributed by atoms with Crippen LogP contribution in [0.15, 0.2) is 35.2 Å². The van der Waals surface area contributed by atoms with E-state index in [1.54, 1.807) is 27.5 Å². The van der Waals surface area contributed by atoms with Crippen LogP contribution in [0.2, 0.25) is 0 Å². The fraction of sp³-hybridized carbons (Fsp3) is 0.533. The molecule has 0 unspecified atom stereocenters. The van der Waals surface area contributed by atoms with Gasteiger partial charge in [-0.1, -0.05) is 6.92 Å². The van der Waals surface area contributed by atoms with Crippen molar-refractivity contribution >= 4 is 10.2 Å². The molecule has 126 valence electrons. The summed E-state index contributed by atoms with van der Waals surface area (Å²) in [6.07, 6.45) is 6.76. The zero-order valence-electron chi connectivity index (χ0n) is 13.4. The second-order valence-corrected chi connectivity index (χ2v) is 7.62. The molecule has 1 aliphatic rings. The third-order valence-corrected chi connectivity index (χ3v) is 6.24. The maximum absolute atomic E-state index is 13.1. The summed E-state index contributed by atoms with van der Waals surface area (Å²) in [6.45, 7) is 3.12. The Hall–Kier alpha value is -1.64. The molecule has 0 bridgehead atoms. The lowest BCUT2D eigenvalue weighted by atomic mass is 10.2. The number of aryl methyl sites for hydroxylation is 1. The number of hydrogen-bond donors (Lipinski definition) is 0. The molecule has 7 nitrogen and oxygen atoms in total.